The van der Waals surface area contributed by atoms with Gasteiger partial charge in [0.1, 0.15) is 12.3 Å². The minimum atomic E-state index is -4.51. The second-order valence-electron chi connectivity index (χ2n) is 6.49. The highest BCUT2D eigenvalue weighted by Gasteiger charge is 2.32. The van der Waals surface area contributed by atoms with Crippen LogP contribution in [-0.4, -0.2) is 45.0 Å². The van der Waals surface area contributed by atoms with E-state index >= 15 is 0 Å². The molecule has 1 aliphatic heterocycles. The minimum absolute atomic E-state index is 0.0700. The number of carbonyl (C=O) groups is 1. The molecular weight excluding hydrogens is 397 g/mol. The lowest BCUT2D eigenvalue weighted by Crippen LogP contribution is -2.47. The molecule has 6 nitrogen and oxygen atoms in total. The van der Waals surface area contributed by atoms with Crippen molar-refractivity contribution in [3.05, 3.63) is 46.5 Å². The van der Waals surface area contributed by atoms with E-state index in [-0.39, 0.29) is 35.3 Å². The molecule has 3 rings (SSSR count). The first-order chi connectivity index (χ1) is 13.3. The van der Waals surface area contributed by atoms with Gasteiger partial charge in [0.05, 0.1) is 16.6 Å². The Bertz CT molecular complexity index is 846. The third-order valence-corrected chi connectivity index (χ3v) is 4.74. The Morgan fingerprint density at radius 3 is 2.68 bits per heavy atom. The molecule has 0 N–H and O–H groups in total. The van der Waals surface area contributed by atoms with Crippen LogP contribution >= 0.6 is 11.6 Å². The largest absolute Gasteiger partial charge is 0.461 e. The van der Waals surface area contributed by atoms with Crippen LogP contribution in [0.3, 0.4) is 0 Å². The Morgan fingerprint density at radius 1 is 1.29 bits per heavy atom. The molecule has 28 heavy (non-hydrogen) atoms. The van der Waals surface area contributed by atoms with E-state index in [2.05, 4.69) is 15.0 Å². The van der Waals surface area contributed by atoms with Crippen molar-refractivity contribution >= 4 is 17.5 Å². The average Bonchev–Trinajstić information content (AvgIpc) is 2.67. The number of aryl methyl sites for hydroxylation is 1. The summed E-state index contributed by atoms with van der Waals surface area (Å²) in [5, 5.41) is 0.270. The molecule has 1 amide bonds. The van der Waals surface area contributed by atoms with Gasteiger partial charge in [-0.3, -0.25) is 4.79 Å². The second-order valence-corrected chi connectivity index (χ2v) is 6.90. The first-order valence-corrected chi connectivity index (χ1v) is 9.09. The number of hydrogen-bond acceptors (Lipinski definition) is 5. The number of alkyl halides is 3. The van der Waals surface area contributed by atoms with Crippen LogP contribution < -0.4 is 4.74 Å². The summed E-state index contributed by atoms with van der Waals surface area (Å²) in [5.41, 5.74) is -0.0930. The van der Waals surface area contributed by atoms with Gasteiger partial charge in [0.15, 0.2) is 0 Å². The second kappa shape index (κ2) is 8.30. The van der Waals surface area contributed by atoms with Crippen molar-refractivity contribution < 1.29 is 22.7 Å². The van der Waals surface area contributed by atoms with E-state index in [1.54, 1.807) is 24.0 Å². The molecule has 1 saturated heterocycles. The van der Waals surface area contributed by atoms with E-state index in [1.165, 1.54) is 0 Å². The first-order valence-electron chi connectivity index (χ1n) is 8.72. The molecule has 3 heterocycles. The predicted molar refractivity (Wildman–Crippen MR) is 95.2 cm³/mol. The Hall–Kier alpha value is -2.42. The standard InChI is InChI=1S/C18H18ClF3N4O2/c1-11-5-6-14(19)15(25-11)16(27)26-7-3-2-4-13(26)10-28-17-23-8-12(9-24-17)18(20,21)22/h5-6,8-9,13H,2-4,7,10H2,1H3. The molecule has 0 bridgehead atoms. The third kappa shape index (κ3) is 4.70. The van der Waals surface area contributed by atoms with Crippen molar-refractivity contribution in [3.63, 3.8) is 0 Å². The van der Waals surface area contributed by atoms with Crippen LogP contribution in [0.15, 0.2) is 24.5 Å². The molecule has 2 aromatic rings. The summed E-state index contributed by atoms with van der Waals surface area (Å²) >= 11 is 6.13. The van der Waals surface area contributed by atoms with Crippen LogP contribution in [-0.2, 0) is 6.18 Å². The fourth-order valence-corrected chi connectivity index (χ4v) is 3.16. The summed E-state index contributed by atoms with van der Waals surface area (Å²) in [6, 6.07) is 2.91. The lowest BCUT2D eigenvalue weighted by Gasteiger charge is -2.35. The quantitative estimate of drug-likeness (QED) is 0.758. The molecule has 1 aliphatic rings. The maximum Gasteiger partial charge on any atom is 0.419 e. The van der Waals surface area contributed by atoms with Gasteiger partial charge in [-0.1, -0.05) is 11.6 Å². The predicted octanol–water partition coefficient (Wildman–Crippen LogP) is 3.93. The molecule has 0 aromatic carbocycles. The average molecular weight is 415 g/mol. The Kier molecular flexibility index (Phi) is 6.02. The fourth-order valence-electron chi connectivity index (χ4n) is 2.97. The van der Waals surface area contributed by atoms with Gasteiger partial charge in [-0.05, 0) is 38.3 Å². The lowest BCUT2D eigenvalue weighted by atomic mass is 10.0. The molecule has 1 unspecified atom stereocenters. The SMILES string of the molecule is Cc1ccc(Cl)c(C(=O)N2CCCCC2COc2ncc(C(F)(F)F)cn2)n1. The molecule has 10 heteroatoms. The molecule has 1 fully saturated rings. The molecule has 2 aromatic heterocycles. The van der Waals surface area contributed by atoms with Crippen molar-refractivity contribution in [2.24, 2.45) is 0 Å². The van der Waals surface area contributed by atoms with Crippen LogP contribution in [0, 0.1) is 6.92 Å². The highest BCUT2D eigenvalue weighted by molar-refractivity contribution is 6.33. The van der Waals surface area contributed by atoms with Crippen molar-refractivity contribution in [2.45, 2.75) is 38.4 Å². The van der Waals surface area contributed by atoms with Crippen molar-refractivity contribution in [1.29, 1.82) is 0 Å². The number of amides is 1. The Labute approximate surface area is 164 Å². The lowest BCUT2D eigenvalue weighted by molar-refractivity contribution is -0.138. The summed E-state index contributed by atoms with van der Waals surface area (Å²) < 4.78 is 43.2. The number of carbonyl (C=O) groups excluding carboxylic acids is 1. The molecule has 150 valence electrons. The van der Waals surface area contributed by atoms with Crippen LogP contribution in [0.5, 0.6) is 6.01 Å². The van der Waals surface area contributed by atoms with E-state index in [1.807, 2.05) is 0 Å². The summed E-state index contributed by atoms with van der Waals surface area (Å²) in [7, 11) is 0. The molecule has 0 radical (unpaired) electrons. The number of rotatable bonds is 4. The molecular formula is C18H18ClF3N4O2. The number of piperidine rings is 1. The Balaban J connectivity index is 1.70. The van der Waals surface area contributed by atoms with Crippen molar-refractivity contribution in [1.82, 2.24) is 19.9 Å². The summed E-state index contributed by atoms with van der Waals surface area (Å²) in [5.74, 6) is -0.296. The summed E-state index contributed by atoms with van der Waals surface area (Å²) in [6.45, 7) is 2.36. The van der Waals surface area contributed by atoms with Gasteiger partial charge in [0, 0.05) is 24.6 Å². The number of ether oxygens (including phenoxy) is 1. The maximum absolute atomic E-state index is 12.9. The third-order valence-electron chi connectivity index (χ3n) is 4.44. The van der Waals surface area contributed by atoms with Gasteiger partial charge in [-0.2, -0.15) is 13.2 Å². The number of likely N-dealkylation sites (tertiary alicyclic amines) is 1. The van der Waals surface area contributed by atoms with Gasteiger partial charge < -0.3 is 9.64 Å². The zero-order valence-electron chi connectivity index (χ0n) is 15.0. The van der Waals surface area contributed by atoms with Gasteiger partial charge in [0.25, 0.3) is 5.91 Å². The number of halogens is 4. The van der Waals surface area contributed by atoms with Gasteiger partial charge >= 0.3 is 12.2 Å². The van der Waals surface area contributed by atoms with Gasteiger partial charge in [-0.15, -0.1) is 0 Å². The number of aromatic nitrogens is 3. The summed E-state index contributed by atoms with van der Waals surface area (Å²) in [4.78, 5) is 26.0. The molecule has 0 spiro atoms. The minimum Gasteiger partial charge on any atom is -0.461 e. The monoisotopic (exact) mass is 414 g/mol. The molecule has 0 saturated carbocycles. The van der Waals surface area contributed by atoms with Crippen LogP contribution in [0.2, 0.25) is 5.02 Å². The zero-order valence-corrected chi connectivity index (χ0v) is 15.8. The van der Waals surface area contributed by atoms with Crippen LogP contribution in [0.25, 0.3) is 0 Å². The molecule has 1 atom stereocenters. The van der Waals surface area contributed by atoms with Crippen molar-refractivity contribution in [2.75, 3.05) is 13.2 Å². The topological polar surface area (TPSA) is 68.2 Å². The van der Waals surface area contributed by atoms with Crippen molar-refractivity contribution in [3.8, 4) is 6.01 Å². The first kappa shape index (κ1) is 20.3. The van der Waals surface area contributed by atoms with Gasteiger partial charge in [-0.25, -0.2) is 15.0 Å². The van der Waals surface area contributed by atoms with Crippen LogP contribution in [0.1, 0.15) is 41.0 Å². The number of pyridine rings is 1. The molecule has 0 aliphatic carbocycles. The van der Waals surface area contributed by atoms with E-state index < -0.39 is 11.7 Å². The van der Waals surface area contributed by atoms with E-state index in [9.17, 15) is 18.0 Å². The zero-order chi connectivity index (χ0) is 20.3. The Morgan fingerprint density at radius 2 is 2.00 bits per heavy atom. The highest BCUT2D eigenvalue weighted by Crippen LogP contribution is 2.28. The van der Waals surface area contributed by atoms with E-state index in [4.69, 9.17) is 16.3 Å². The maximum atomic E-state index is 12.9. The van der Waals surface area contributed by atoms with Crippen LogP contribution in [0.4, 0.5) is 13.2 Å². The van der Waals surface area contributed by atoms with Gasteiger partial charge in [0.2, 0.25) is 0 Å². The van der Waals surface area contributed by atoms with E-state index in [0.29, 0.717) is 31.1 Å². The number of hydrogen-bond donors (Lipinski definition) is 0. The number of nitrogens with zero attached hydrogens (tertiary/aromatic N) is 4. The smallest absolute Gasteiger partial charge is 0.419 e. The van der Waals surface area contributed by atoms with E-state index in [0.717, 1.165) is 12.8 Å². The summed E-state index contributed by atoms with van der Waals surface area (Å²) in [6.07, 6.45) is -0.741. The fraction of sp³-hybridized carbons (Fsp3) is 0.444. The highest BCUT2D eigenvalue weighted by atomic mass is 35.5. The normalized spacial score (nSPS) is 17.5.